The van der Waals surface area contributed by atoms with Crippen molar-refractivity contribution in [1.29, 1.82) is 0 Å². The van der Waals surface area contributed by atoms with Crippen LogP contribution in [-0.4, -0.2) is 39.5 Å². The average Bonchev–Trinajstić information content (AvgIpc) is 2.28. The normalized spacial score (nSPS) is 14.7. The van der Waals surface area contributed by atoms with E-state index in [1.54, 1.807) is 18.2 Å². The standard InChI is InChI=1S/C11H17NO3S/c12-9-3-1-2-8(4-9)11(15)7-16-6-10(14)5-13/h1-4,10-11,13-15H,5-7,12H2. The molecule has 0 amide bonds. The van der Waals surface area contributed by atoms with Crippen molar-refractivity contribution < 1.29 is 15.3 Å². The molecule has 1 aromatic rings. The number of nitrogen functional groups attached to an aromatic ring is 1. The zero-order chi connectivity index (χ0) is 12.0. The Hall–Kier alpha value is -0.750. The summed E-state index contributed by atoms with van der Waals surface area (Å²) in [7, 11) is 0. The molecule has 16 heavy (non-hydrogen) atoms. The third-order valence-corrected chi connectivity index (χ3v) is 3.26. The highest BCUT2D eigenvalue weighted by atomic mass is 32.2. The van der Waals surface area contributed by atoms with Crippen LogP contribution in [0.4, 0.5) is 5.69 Å². The quantitative estimate of drug-likeness (QED) is 0.543. The zero-order valence-corrected chi connectivity index (χ0v) is 9.73. The SMILES string of the molecule is Nc1cccc(C(O)CSCC(O)CO)c1. The molecular formula is C11H17NO3S. The first-order chi connectivity index (χ1) is 7.63. The number of hydrogen-bond acceptors (Lipinski definition) is 5. The van der Waals surface area contributed by atoms with Gasteiger partial charge in [-0.15, -0.1) is 0 Å². The van der Waals surface area contributed by atoms with Gasteiger partial charge in [-0.1, -0.05) is 12.1 Å². The molecule has 0 saturated heterocycles. The molecule has 5 N–H and O–H groups in total. The number of aliphatic hydroxyl groups is 3. The summed E-state index contributed by atoms with van der Waals surface area (Å²) in [6.45, 7) is -0.249. The highest BCUT2D eigenvalue weighted by Crippen LogP contribution is 2.20. The van der Waals surface area contributed by atoms with E-state index in [9.17, 15) is 5.11 Å². The maximum atomic E-state index is 9.81. The third kappa shape index (κ3) is 4.40. The summed E-state index contributed by atoms with van der Waals surface area (Å²) in [5.74, 6) is 0.885. The van der Waals surface area contributed by atoms with Crippen LogP contribution in [0.5, 0.6) is 0 Å². The number of nitrogens with two attached hydrogens (primary N) is 1. The van der Waals surface area contributed by atoms with Crippen molar-refractivity contribution in [3.05, 3.63) is 29.8 Å². The molecule has 0 fully saturated rings. The van der Waals surface area contributed by atoms with Gasteiger partial charge in [0.25, 0.3) is 0 Å². The number of rotatable bonds is 6. The Bertz CT molecular complexity index is 322. The summed E-state index contributed by atoms with van der Waals surface area (Å²) in [6.07, 6.45) is -1.32. The highest BCUT2D eigenvalue weighted by molar-refractivity contribution is 7.99. The van der Waals surface area contributed by atoms with Crippen LogP contribution in [0.15, 0.2) is 24.3 Å². The van der Waals surface area contributed by atoms with E-state index in [0.29, 0.717) is 17.2 Å². The molecule has 0 aliphatic heterocycles. The maximum Gasteiger partial charge on any atom is 0.0881 e. The summed E-state index contributed by atoms with van der Waals surface area (Å²) in [5.41, 5.74) is 7.00. The van der Waals surface area contributed by atoms with Crippen molar-refractivity contribution in [3.8, 4) is 0 Å². The minimum Gasteiger partial charge on any atom is -0.399 e. The molecule has 0 aromatic heterocycles. The molecule has 0 radical (unpaired) electrons. The van der Waals surface area contributed by atoms with E-state index in [2.05, 4.69) is 0 Å². The largest absolute Gasteiger partial charge is 0.399 e. The third-order valence-electron chi connectivity index (χ3n) is 2.09. The van der Waals surface area contributed by atoms with Crippen molar-refractivity contribution in [3.63, 3.8) is 0 Å². The van der Waals surface area contributed by atoms with Crippen molar-refractivity contribution in [2.75, 3.05) is 23.8 Å². The Morgan fingerprint density at radius 2 is 2.00 bits per heavy atom. The molecule has 0 spiro atoms. The van der Waals surface area contributed by atoms with E-state index in [0.717, 1.165) is 5.56 Å². The number of anilines is 1. The van der Waals surface area contributed by atoms with E-state index >= 15 is 0 Å². The lowest BCUT2D eigenvalue weighted by Gasteiger charge is -2.12. The molecule has 1 rings (SSSR count). The van der Waals surface area contributed by atoms with E-state index in [4.69, 9.17) is 15.9 Å². The minimum absolute atomic E-state index is 0.249. The Balaban J connectivity index is 2.38. The fourth-order valence-electron chi connectivity index (χ4n) is 1.23. The van der Waals surface area contributed by atoms with Crippen LogP contribution in [0.3, 0.4) is 0 Å². The van der Waals surface area contributed by atoms with Gasteiger partial charge in [-0.3, -0.25) is 0 Å². The molecular weight excluding hydrogens is 226 g/mol. The lowest BCUT2D eigenvalue weighted by molar-refractivity contribution is 0.113. The monoisotopic (exact) mass is 243 g/mol. The highest BCUT2D eigenvalue weighted by Gasteiger charge is 2.09. The van der Waals surface area contributed by atoms with Crippen LogP contribution in [0, 0.1) is 0 Å². The molecule has 1 aromatic carbocycles. The topological polar surface area (TPSA) is 86.7 Å². The zero-order valence-electron chi connectivity index (χ0n) is 8.91. The molecule has 0 bridgehead atoms. The first kappa shape index (κ1) is 13.3. The number of benzene rings is 1. The van der Waals surface area contributed by atoms with Crippen molar-refractivity contribution in [1.82, 2.24) is 0 Å². The van der Waals surface area contributed by atoms with Crippen LogP contribution in [0.2, 0.25) is 0 Å². The van der Waals surface area contributed by atoms with E-state index in [1.165, 1.54) is 11.8 Å². The number of thioether (sulfide) groups is 1. The van der Waals surface area contributed by atoms with Gasteiger partial charge in [0, 0.05) is 17.2 Å². The summed E-state index contributed by atoms with van der Waals surface area (Å²) in [5, 5.41) is 27.5. The van der Waals surface area contributed by atoms with E-state index in [1.807, 2.05) is 6.07 Å². The fraction of sp³-hybridized carbons (Fsp3) is 0.455. The van der Waals surface area contributed by atoms with Crippen molar-refractivity contribution in [2.45, 2.75) is 12.2 Å². The van der Waals surface area contributed by atoms with Crippen molar-refractivity contribution >= 4 is 17.4 Å². The molecule has 0 saturated carbocycles. The van der Waals surface area contributed by atoms with Gasteiger partial charge in [-0.05, 0) is 17.7 Å². The van der Waals surface area contributed by atoms with Crippen LogP contribution in [0.1, 0.15) is 11.7 Å². The molecule has 4 nitrogen and oxygen atoms in total. The second kappa shape index (κ2) is 6.75. The van der Waals surface area contributed by atoms with Gasteiger partial charge >= 0.3 is 0 Å². The van der Waals surface area contributed by atoms with Crippen LogP contribution in [0.25, 0.3) is 0 Å². The van der Waals surface area contributed by atoms with Crippen molar-refractivity contribution in [2.24, 2.45) is 0 Å². The van der Waals surface area contributed by atoms with Gasteiger partial charge in [-0.2, -0.15) is 11.8 Å². The molecule has 2 unspecified atom stereocenters. The maximum absolute atomic E-state index is 9.81. The van der Waals surface area contributed by atoms with Gasteiger partial charge in [0.15, 0.2) is 0 Å². The Labute approximate surface area is 99.1 Å². The predicted molar refractivity (Wildman–Crippen MR) is 66.2 cm³/mol. The molecule has 90 valence electrons. The first-order valence-electron chi connectivity index (χ1n) is 5.03. The smallest absolute Gasteiger partial charge is 0.0881 e. The lowest BCUT2D eigenvalue weighted by atomic mass is 10.1. The molecule has 0 aliphatic rings. The van der Waals surface area contributed by atoms with Gasteiger partial charge in [0.2, 0.25) is 0 Å². The fourth-order valence-corrected chi connectivity index (χ4v) is 2.16. The second-order valence-electron chi connectivity index (χ2n) is 3.56. The van der Waals surface area contributed by atoms with Gasteiger partial charge in [0.05, 0.1) is 18.8 Å². The van der Waals surface area contributed by atoms with Crippen LogP contribution < -0.4 is 5.73 Å². The van der Waals surface area contributed by atoms with Crippen LogP contribution >= 0.6 is 11.8 Å². The number of hydrogen-bond donors (Lipinski definition) is 4. The summed E-state index contributed by atoms with van der Waals surface area (Å²) < 4.78 is 0. The predicted octanol–water partition coefficient (Wildman–Crippen LogP) is 0.389. The average molecular weight is 243 g/mol. The first-order valence-corrected chi connectivity index (χ1v) is 6.19. The Kier molecular flexibility index (Phi) is 5.62. The second-order valence-corrected chi connectivity index (χ2v) is 4.63. The van der Waals surface area contributed by atoms with Crippen LogP contribution in [-0.2, 0) is 0 Å². The summed E-state index contributed by atoms with van der Waals surface area (Å²) in [6, 6.07) is 7.09. The minimum atomic E-state index is -0.724. The lowest BCUT2D eigenvalue weighted by Crippen LogP contribution is -2.15. The Morgan fingerprint density at radius 1 is 1.25 bits per heavy atom. The molecule has 5 heteroatoms. The number of aliphatic hydroxyl groups excluding tert-OH is 3. The van der Waals surface area contributed by atoms with Gasteiger partial charge in [-0.25, -0.2) is 0 Å². The molecule has 2 atom stereocenters. The van der Waals surface area contributed by atoms with E-state index < -0.39 is 12.2 Å². The summed E-state index contributed by atoms with van der Waals surface area (Å²) in [4.78, 5) is 0. The molecule has 0 heterocycles. The molecule has 0 aliphatic carbocycles. The van der Waals surface area contributed by atoms with E-state index in [-0.39, 0.29) is 6.61 Å². The van der Waals surface area contributed by atoms with Gasteiger partial charge < -0.3 is 21.1 Å². The van der Waals surface area contributed by atoms with Gasteiger partial charge in [0.1, 0.15) is 0 Å². The Morgan fingerprint density at radius 3 is 2.62 bits per heavy atom. The summed E-state index contributed by atoms with van der Waals surface area (Å²) >= 11 is 1.39.